The molecule has 0 spiro atoms. The molecule has 0 aliphatic carbocycles. The number of benzene rings is 2. The maximum absolute atomic E-state index is 11.6. The number of nitrogens with zero attached hydrogens (tertiary/aromatic N) is 5. The lowest BCUT2D eigenvalue weighted by atomic mass is 10.2. The number of anilines is 2. The summed E-state index contributed by atoms with van der Waals surface area (Å²) in [5.41, 5.74) is 3.45. The van der Waals surface area contributed by atoms with Gasteiger partial charge in [0.2, 0.25) is 0 Å². The van der Waals surface area contributed by atoms with Gasteiger partial charge < -0.3 is 29.4 Å². The largest absolute Gasteiger partial charge is 0.492 e. The first kappa shape index (κ1) is 23.9. The molecule has 0 unspecified atom stereocenters. The normalized spacial score (nSPS) is 10.9. The zero-order chi connectivity index (χ0) is 25.8. The van der Waals surface area contributed by atoms with Crippen molar-refractivity contribution in [3.05, 3.63) is 79.0 Å². The summed E-state index contributed by atoms with van der Waals surface area (Å²) >= 11 is 0. The monoisotopic (exact) mass is 497 g/mol. The van der Waals surface area contributed by atoms with Gasteiger partial charge in [0.1, 0.15) is 41.6 Å². The Kier molecular flexibility index (Phi) is 6.71. The number of carbonyl (C=O) groups excluding carboxylic acids is 1. The minimum Gasteiger partial charge on any atom is -0.492 e. The van der Waals surface area contributed by atoms with E-state index in [1.807, 2.05) is 72.2 Å². The van der Waals surface area contributed by atoms with E-state index in [1.165, 1.54) is 11.2 Å². The molecule has 0 atom stereocenters. The van der Waals surface area contributed by atoms with Crippen molar-refractivity contribution in [2.75, 3.05) is 32.6 Å². The first-order chi connectivity index (χ1) is 18.0. The van der Waals surface area contributed by atoms with E-state index in [0.29, 0.717) is 24.7 Å². The van der Waals surface area contributed by atoms with Gasteiger partial charge in [-0.05, 0) is 55.0 Å². The number of amides is 2. The van der Waals surface area contributed by atoms with Gasteiger partial charge in [0.15, 0.2) is 0 Å². The highest BCUT2D eigenvalue weighted by Gasteiger charge is 2.09. The van der Waals surface area contributed by atoms with Crippen molar-refractivity contribution < 1.29 is 14.3 Å². The quantitative estimate of drug-likeness (QED) is 0.297. The third-order valence-corrected chi connectivity index (χ3v) is 5.69. The summed E-state index contributed by atoms with van der Waals surface area (Å²) < 4.78 is 13.9. The van der Waals surface area contributed by atoms with Crippen LogP contribution in [0.2, 0.25) is 0 Å². The van der Waals surface area contributed by atoms with Gasteiger partial charge in [0.25, 0.3) is 0 Å². The van der Waals surface area contributed by atoms with Crippen molar-refractivity contribution in [2.45, 2.75) is 6.92 Å². The third-order valence-electron chi connectivity index (χ3n) is 5.69. The van der Waals surface area contributed by atoms with Crippen molar-refractivity contribution in [1.82, 2.24) is 29.6 Å². The lowest BCUT2D eigenvalue weighted by molar-refractivity contribution is 0.213. The minimum absolute atomic E-state index is 0.159. The summed E-state index contributed by atoms with van der Waals surface area (Å²) in [4.78, 5) is 26.2. The number of urea groups is 1. The van der Waals surface area contributed by atoms with Crippen LogP contribution in [0.15, 0.2) is 73.4 Å². The van der Waals surface area contributed by atoms with E-state index in [9.17, 15) is 4.79 Å². The third kappa shape index (κ3) is 5.53. The number of ether oxygens (including phenoxy) is 2. The van der Waals surface area contributed by atoms with Crippen LogP contribution in [0.4, 0.5) is 16.3 Å². The fraction of sp³-hybridized carbons (Fsp3) is 0.185. The predicted octanol–water partition coefficient (Wildman–Crippen LogP) is 4.77. The Balaban J connectivity index is 1.29. The molecule has 0 bridgehead atoms. The van der Waals surface area contributed by atoms with E-state index in [4.69, 9.17) is 9.47 Å². The standard InChI is InChI=1S/C27H27N7O3/c1-18-14-19(4-7-24(18)37-21-8-11-34-12-9-28-25(34)16-21)32-26-22-15-20(5-6-23(22)30-17-31-26)36-13-10-29-27(35)33(2)3/h4-9,11-12,14-17H,10,13H2,1-3H3,(H,29,35)(H,30,31,32). The van der Waals surface area contributed by atoms with Crippen LogP contribution in [0.1, 0.15) is 5.56 Å². The van der Waals surface area contributed by atoms with Crippen LogP contribution in [0, 0.1) is 6.92 Å². The zero-order valence-electron chi connectivity index (χ0n) is 20.8. The van der Waals surface area contributed by atoms with E-state index in [2.05, 4.69) is 25.6 Å². The highest BCUT2D eigenvalue weighted by Crippen LogP contribution is 2.31. The molecular weight excluding hydrogens is 470 g/mol. The molecule has 2 aromatic carbocycles. The molecule has 2 N–H and O–H groups in total. The summed E-state index contributed by atoms with van der Waals surface area (Å²) in [5.74, 6) is 2.80. The number of pyridine rings is 1. The van der Waals surface area contributed by atoms with Crippen LogP contribution in [-0.4, -0.2) is 57.5 Å². The Bertz CT molecular complexity index is 1560. The number of hydrogen-bond donors (Lipinski definition) is 2. The van der Waals surface area contributed by atoms with Crippen LogP contribution in [0.25, 0.3) is 16.6 Å². The van der Waals surface area contributed by atoms with Gasteiger partial charge in [-0.15, -0.1) is 0 Å². The number of carbonyl (C=O) groups is 1. The molecule has 10 nitrogen and oxygen atoms in total. The molecule has 10 heteroatoms. The van der Waals surface area contributed by atoms with Crippen LogP contribution >= 0.6 is 0 Å². The molecule has 5 aromatic rings. The Labute approximate surface area is 213 Å². The Morgan fingerprint density at radius 3 is 2.73 bits per heavy atom. The van der Waals surface area contributed by atoms with Gasteiger partial charge in [0.05, 0.1) is 12.1 Å². The average molecular weight is 498 g/mol. The van der Waals surface area contributed by atoms with E-state index in [0.717, 1.165) is 39.3 Å². The molecule has 2 amide bonds. The number of hydrogen-bond acceptors (Lipinski definition) is 7. The number of imidazole rings is 1. The molecule has 0 aliphatic rings. The second-order valence-corrected chi connectivity index (χ2v) is 8.64. The number of nitrogens with one attached hydrogen (secondary N) is 2. The smallest absolute Gasteiger partial charge is 0.316 e. The molecule has 5 rings (SSSR count). The van der Waals surface area contributed by atoms with Gasteiger partial charge in [-0.3, -0.25) is 0 Å². The van der Waals surface area contributed by atoms with Crippen LogP contribution < -0.4 is 20.1 Å². The Hall–Kier alpha value is -4.86. The van der Waals surface area contributed by atoms with Crippen molar-refractivity contribution in [1.29, 1.82) is 0 Å². The Morgan fingerprint density at radius 2 is 1.89 bits per heavy atom. The predicted molar refractivity (Wildman–Crippen MR) is 142 cm³/mol. The SMILES string of the molecule is Cc1cc(Nc2ncnc3ccc(OCCNC(=O)N(C)C)cc23)ccc1Oc1ccn2ccnc2c1. The van der Waals surface area contributed by atoms with E-state index >= 15 is 0 Å². The molecule has 0 fully saturated rings. The highest BCUT2D eigenvalue weighted by molar-refractivity contribution is 5.91. The minimum atomic E-state index is -0.159. The molecule has 3 heterocycles. The topological polar surface area (TPSA) is 106 Å². The summed E-state index contributed by atoms with van der Waals surface area (Å²) in [7, 11) is 3.38. The van der Waals surface area contributed by atoms with Gasteiger partial charge in [-0.25, -0.2) is 19.7 Å². The summed E-state index contributed by atoms with van der Waals surface area (Å²) in [6.45, 7) is 2.73. The molecule has 188 valence electrons. The number of aromatic nitrogens is 4. The summed E-state index contributed by atoms with van der Waals surface area (Å²) in [6.07, 6.45) is 7.09. The summed E-state index contributed by atoms with van der Waals surface area (Å²) in [6, 6.07) is 15.1. The first-order valence-corrected chi connectivity index (χ1v) is 11.8. The fourth-order valence-corrected chi connectivity index (χ4v) is 3.77. The number of rotatable bonds is 8. The second kappa shape index (κ2) is 10.4. The van der Waals surface area contributed by atoms with E-state index < -0.39 is 0 Å². The molecular formula is C27H27N7O3. The van der Waals surface area contributed by atoms with Crippen LogP contribution in [-0.2, 0) is 0 Å². The molecule has 37 heavy (non-hydrogen) atoms. The summed E-state index contributed by atoms with van der Waals surface area (Å²) in [5, 5.41) is 6.98. The number of aryl methyl sites for hydroxylation is 1. The van der Waals surface area contributed by atoms with Gasteiger partial charge in [0, 0.05) is 49.8 Å². The van der Waals surface area contributed by atoms with Gasteiger partial charge >= 0.3 is 6.03 Å². The fourth-order valence-electron chi connectivity index (χ4n) is 3.77. The van der Waals surface area contributed by atoms with Crippen molar-refractivity contribution in [3.8, 4) is 17.2 Å². The van der Waals surface area contributed by atoms with Crippen molar-refractivity contribution >= 4 is 34.1 Å². The van der Waals surface area contributed by atoms with E-state index in [1.54, 1.807) is 20.3 Å². The zero-order valence-corrected chi connectivity index (χ0v) is 20.8. The molecule has 0 radical (unpaired) electrons. The Morgan fingerprint density at radius 1 is 1.00 bits per heavy atom. The van der Waals surface area contributed by atoms with Gasteiger partial charge in [-0.1, -0.05) is 0 Å². The second-order valence-electron chi connectivity index (χ2n) is 8.64. The maximum Gasteiger partial charge on any atom is 0.316 e. The molecule has 0 aliphatic heterocycles. The molecule has 0 saturated heterocycles. The first-order valence-electron chi connectivity index (χ1n) is 11.8. The van der Waals surface area contributed by atoms with Crippen molar-refractivity contribution in [3.63, 3.8) is 0 Å². The lowest BCUT2D eigenvalue weighted by Gasteiger charge is -2.14. The van der Waals surface area contributed by atoms with E-state index in [-0.39, 0.29) is 6.03 Å². The molecule has 3 aromatic heterocycles. The van der Waals surface area contributed by atoms with Crippen LogP contribution in [0.3, 0.4) is 0 Å². The van der Waals surface area contributed by atoms with Crippen molar-refractivity contribution in [2.24, 2.45) is 0 Å². The maximum atomic E-state index is 11.6. The lowest BCUT2D eigenvalue weighted by Crippen LogP contribution is -2.36. The number of fused-ring (bicyclic) bond motifs is 2. The molecule has 0 saturated carbocycles. The highest BCUT2D eigenvalue weighted by atomic mass is 16.5. The van der Waals surface area contributed by atoms with Crippen LogP contribution in [0.5, 0.6) is 17.2 Å². The van der Waals surface area contributed by atoms with Gasteiger partial charge in [-0.2, -0.15) is 0 Å². The average Bonchev–Trinajstić information content (AvgIpc) is 3.36.